The second-order valence-corrected chi connectivity index (χ2v) is 8.26. The van der Waals surface area contributed by atoms with Crippen molar-refractivity contribution < 1.29 is 18.3 Å². The van der Waals surface area contributed by atoms with Gasteiger partial charge in [0.15, 0.2) is 0 Å². The Morgan fingerprint density at radius 3 is 2.29 bits per heavy atom. The van der Waals surface area contributed by atoms with Crippen LogP contribution in [-0.2, 0) is 20.2 Å². The number of carboxylic acids is 1. The van der Waals surface area contributed by atoms with Gasteiger partial charge in [-0.25, -0.2) is 8.42 Å². The van der Waals surface area contributed by atoms with Crippen LogP contribution in [0.4, 0.5) is 0 Å². The molecule has 1 fully saturated rings. The molecule has 1 aromatic carbocycles. The van der Waals surface area contributed by atoms with E-state index >= 15 is 0 Å². The van der Waals surface area contributed by atoms with Crippen molar-refractivity contribution in [3.8, 4) is 0 Å². The second-order valence-electron chi connectivity index (χ2n) is 6.37. The number of carboxylic acid groups (broad SMARTS) is 1. The number of hydrogen-bond donors (Lipinski definition) is 0. The molecular weight excluding hydrogens is 290 g/mol. The van der Waals surface area contributed by atoms with Crippen LogP contribution in [-0.4, -0.2) is 31.3 Å². The molecule has 0 aliphatic carbocycles. The zero-order valence-electron chi connectivity index (χ0n) is 12.5. The summed E-state index contributed by atoms with van der Waals surface area (Å²) in [7, 11) is -3.78. The van der Waals surface area contributed by atoms with E-state index in [9.17, 15) is 18.3 Å². The zero-order chi connectivity index (χ0) is 15.8. The van der Waals surface area contributed by atoms with Crippen LogP contribution in [0.15, 0.2) is 29.2 Å². The van der Waals surface area contributed by atoms with E-state index in [1.54, 1.807) is 24.3 Å². The number of nitrogens with zero attached hydrogens (tertiary/aromatic N) is 1. The first kappa shape index (κ1) is 16.0. The number of sulfonamides is 1. The van der Waals surface area contributed by atoms with E-state index in [0.29, 0.717) is 12.8 Å². The fraction of sp³-hybridized carbons (Fsp3) is 0.533. The van der Waals surface area contributed by atoms with Gasteiger partial charge in [-0.15, -0.1) is 0 Å². The van der Waals surface area contributed by atoms with Crippen LogP contribution in [0.5, 0.6) is 0 Å². The normalized spacial score (nSPS) is 20.6. The van der Waals surface area contributed by atoms with Gasteiger partial charge in [0.1, 0.15) is 0 Å². The number of rotatable bonds is 3. The molecule has 2 rings (SSSR count). The van der Waals surface area contributed by atoms with Crippen molar-refractivity contribution in [2.24, 2.45) is 0 Å². The molecule has 1 saturated heterocycles. The summed E-state index contributed by atoms with van der Waals surface area (Å²) in [6.45, 7) is 6.36. The zero-order valence-corrected chi connectivity index (χ0v) is 13.3. The molecule has 0 unspecified atom stereocenters. The lowest BCUT2D eigenvalue weighted by atomic mass is 9.87. The molecule has 1 aromatic rings. The van der Waals surface area contributed by atoms with E-state index in [4.69, 9.17) is 0 Å². The van der Waals surface area contributed by atoms with Gasteiger partial charge in [0, 0.05) is 6.54 Å². The SMILES string of the molecule is CC(C)(C)c1ccc(S(=O)(=O)N2CCC[C@H]2C(=O)[O-])cc1. The smallest absolute Gasteiger partial charge is 0.243 e. The minimum atomic E-state index is -3.78. The highest BCUT2D eigenvalue weighted by Gasteiger charge is 2.36. The fourth-order valence-corrected chi connectivity index (χ4v) is 4.17. The van der Waals surface area contributed by atoms with E-state index in [1.165, 1.54) is 0 Å². The van der Waals surface area contributed by atoms with Gasteiger partial charge in [-0.2, -0.15) is 4.31 Å². The van der Waals surface area contributed by atoms with Crippen LogP contribution in [0.3, 0.4) is 0 Å². The van der Waals surface area contributed by atoms with Crippen LogP contribution in [0.2, 0.25) is 0 Å². The molecule has 0 N–H and O–H groups in total. The molecule has 5 nitrogen and oxygen atoms in total. The summed E-state index contributed by atoms with van der Waals surface area (Å²) in [5, 5.41) is 11.1. The van der Waals surface area contributed by atoms with Crippen molar-refractivity contribution in [2.45, 2.75) is 50.0 Å². The van der Waals surface area contributed by atoms with Crippen LogP contribution < -0.4 is 5.11 Å². The third kappa shape index (κ3) is 3.11. The Hall–Kier alpha value is -1.40. The van der Waals surface area contributed by atoms with Crippen molar-refractivity contribution in [1.29, 1.82) is 0 Å². The monoisotopic (exact) mass is 310 g/mol. The van der Waals surface area contributed by atoms with Crippen molar-refractivity contribution in [1.82, 2.24) is 4.31 Å². The average Bonchev–Trinajstić information content (AvgIpc) is 2.88. The Balaban J connectivity index is 2.34. The molecule has 1 aliphatic heterocycles. The lowest BCUT2D eigenvalue weighted by Gasteiger charge is -2.25. The predicted molar refractivity (Wildman–Crippen MR) is 77.1 cm³/mol. The number of carbonyl (C=O) groups excluding carboxylic acids is 1. The topological polar surface area (TPSA) is 77.5 Å². The summed E-state index contributed by atoms with van der Waals surface area (Å²) in [5.74, 6) is -1.33. The Labute approximate surface area is 125 Å². The highest BCUT2D eigenvalue weighted by molar-refractivity contribution is 7.89. The van der Waals surface area contributed by atoms with Crippen molar-refractivity contribution in [3.05, 3.63) is 29.8 Å². The minimum Gasteiger partial charge on any atom is -0.548 e. The highest BCUT2D eigenvalue weighted by atomic mass is 32.2. The third-order valence-corrected chi connectivity index (χ3v) is 5.73. The molecule has 21 heavy (non-hydrogen) atoms. The minimum absolute atomic E-state index is 0.0660. The maximum absolute atomic E-state index is 12.5. The summed E-state index contributed by atoms with van der Waals surface area (Å²) in [5.41, 5.74) is 0.961. The average molecular weight is 310 g/mol. The van der Waals surface area contributed by atoms with Gasteiger partial charge < -0.3 is 9.90 Å². The van der Waals surface area contributed by atoms with E-state index in [0.717, 1.165) is 9.87 Å². The number of hydrogen-bond acceptors (Lipinski definition) is 4. The number of benzene rings is 1. The number of carbonyl (C=O) groups is 1. The molecule has 1 heterocycles. The lowest BCUT2D eigenvalue weighted by molar-refractivity contribution is -0.309. The summed E-state index contributed by atoms with van der Waals surface area (Å²) >= 11 is 0. The van der Waals surface area contributed by atoms with E-state index in [1.807, 2.05) is 20.8 Å². The van der Waals surface area contributed by atoms with Crippen LogP contribution in [0.1, 0.15) is 39.2 Å². The standard InChI is InChI=1S/C15H21NO4S/c1-15(2,3)11-6-8-12(9-7-11)21(19,20)16-10-4-5-13(16)14(17)18/h6-9,13H,4-5,10H2,1-3H3,(H,17,18)/p-1/t13-/m0/s1. The first-order valence-corrected chi connectivity index (χ1v) is 8.41. The molecule has 0 aromatic heterocycles. The van der Waals surface area contributed by atoms with Gasteiger partial charge in [0.05, 0.1) is 16.9 Å². The maximum Gasteiger partial charge on any atom is 0.243 e. The van der Waals surface area contributed by atoms with E-state index in [2.05, 4.69) is 0 Å². The Morgan fingerprint density at radius 1 is 1.24 bits per heavy atom. The Kier molecular flexibility index (Phi) is 4.13. The van der Waals surface area contributed by atoms with Crippen molar-refractivity contribution in [2.75, 3.05) is 6.54 Å². The first-order chi connectivity index (χ1) is 9.64. The largest absolute Gasteiger partial charge is 0.548 e. The lowest BCUT2D eigenvalue weighted by Crippen LogP contribution is -2.46. The predicted octanol–water partition coefficient (Wildman–Crippen LogP) is 0.887. The van der Waals surface area contributed by atoms with Crippen LogP contribution in [0, 0.1) is 0 Å². The van der Waals surface area contributed by atoms with E-state index in [-0.39, 0.29) is 16.9 Å². The molecule has 0 radical (unpaired) electrons. The van der Waals surface area contributed by atoms with Gasteiger partial charge in [0.25, 0.3) is 0 Å². The quantitative estimate of drug-likeness (QED) is 0.830. The van der Waals surface area contributed by atoms with E-state index < -0.39 is 22.0 Å². The summed E-state index contributed by atoms with van der Waals surface area (Å²) < 4.78 is 26.1. The molecule has 0 amide bonds. The molecule has 6 heteroatoms. The van der Waals surface area contributed by atoms with Gasteiger partial charge in [-0.3, -0.25) is 0 Å². The van der Waals surface area contributed by atoms with Crippen LogP contribution >= 0.6 is 0 Å². The molecule has 0 bridgehead atoms. The van der Waals surface area contributed by atoms with Gasteiger partial charge in [0.2, 0.25) is 10.0 Å². The van der Waals surface area contributed by atoms with Gasteiger partial charge >= 0.3 is 0 Å². The van der Waals surface area contributed by atoms with Crippen LogP contribution in [0.25, 0.3) is 0 Å². The first-order valence-electron chi connectivity index (χ1n) is 6.97. The molecule has 116 valence electrons. The molecule has 1 aliphatic rings. The molecule has 1 atom stereocenters. The summed E-state index contributed by atoms with van der Waals surface area (Å²) in [4.78, 5) is 11.2. The number of aliphatic carboxylic acids is 1. The highest BCUT2D eigenvalue weighted by Crippen LogP contribution is 2.28. The Bertz CT molecular complexity index is 629. The Morgan fingerprint density at radius 2 is 1.81 bits per heavy atom. The van der Waals surface area contributed by atoms with Gasteiger partial charge in [-0.1, -0.05) is 32.9 Å². The summed E-state index contributed by atoms with van der Waals surface area (Å²) in [6, 6.07) is 5.58. The molecule has 0 saturated carbocycles. The fourth-order valence-electron chi connectivity index (χ4n) is 2.53. The van der Waals surface area contributed by atoms with Crippen molar-refractivity contribution >= 4 is 16.0 Å². The maximum atomic E-state index is 12.5. The molecular formula is C15H20NO4S-. The van der Waals surface area contributed by atoms with Gasteiger partial charge in [-0.05, 0) is 36.0 Å². The second kappa shape index (κ2) is 5.42. The third-order valence-electron chi connectivity index (χ3n) is 3.80. The summed E-state index contributed by atoms with van der Waals surface area (Å²) in [6.07, 6.45) is 0.847. The molecule has 0 spiro atoms. The van der Waals surface area contributed by atoms with Crippen molar-refractivity contribution in [3.63, 3.8) is 0 Å².